The van der Waals surface area contributed by atoms with E-state index in [1.165, 1.54) is 28.9 Å². The Labute approximate surface area is 188 Å². The van der Waals surface area contributed by atoms with Gasteiger partial charge in [-0.1, -0.05) is 36.4 Å². The van der Waals surface area contributed by atoms with Crippen LogP contribution < -0.4 is 34.7 Å². The molecule has 0 saturated heterocycles. The second-order valence-electron chi connectivity index (χ2n) is 6.04. The molecule has 3 aromatic carbocycles. The molecule has 0 bridgehead atoms. The fraction of sp³-hybridized carbons (Fsp3) is 0. The smallest absolute Gasteiger partial charge is 0.545 e. The third-order valence-electron chi connectivity index (χ3n) is 4.24. The summed E-state index contributed by atoms with van der Waals surface area (Å²) in [5.41, 5.74) is 1.45. The minimum absolute atomic E-state index is 0. The molecule has 2 N–H and O–H groups in total. The molecule has 4 rings (SSSR count). The first-order valence-corrected chi connectivity index (χ1v) is 8.40. The number of hydrogen-bond donors (Lipinski definition) is 2. The largest absolute Gasteiger partial charge is 1.00 e. The number of benzene rings is 3. The van der Waals surface area contributed by atoms with Gasteiger partial charge in [-0.3, -0.25) is 0 Å². The third kappa shape index (κ3) is 4.02. The van der Waals surface area contributed by atoms with Gasteiger partial charge in [0.2, 0.25) is 0 Å². The average molecular weight is 395 g/mol. The molecule has 29 heavy (non-hydrogen) atoms. The van der Waals surface area contributed by atoms with Crippen LogP contribution in [0.4, 0.5) is 0 Å². The van der Waals surface area contributed by atoms with Crippen LogP contribution in [0.1, 0.15) is 10.4 Å². The van der Waals surface area contributed by atoms with Crippen molar-refractivity contribution in [2.45, 2.75) is 0 Å². The fourth-order valence-corrected chi connectivity index (χ4v) is 2.84. The van der Waals surface area contributed by atoms with E-state index in [-0.39, 0.29) is 52.4 Å². The number of aromatic hydroxyl groups is 2. The van der Waals surface area contributed by atoms with Crippen molar-refractivity contribution in [1.82, 2.24) is 14.8 Å². The number of phenols is 2. The number of carbonyl (C=O) groups excluding carboxylic acids is 1. The van der Waals surface area contributed by atoms with Crippen LogP contribution in [0.3, 0.4) is 0 Å². The number of hydrogen-bond acceptors (Lipinski definition) is 6. The summed E-state index contributed by atoms with van der Waals surface area (Å²) in [5, 5.41) is 35.9. The van der Waals surface area contributed by atoms with E-state index in [2.05, 4.69) is 10.1 Å². The van der Waals surface area contributed by atoms with Gasteiger partial charge in [0.15, 0.2) is 11.6 Å². The van der Waals surface area contributed by atoms with Crippen LogP contribution in [0.2, 0.25) is 0 Å². The first-order valence-electron chi connectivity index (χ1n) is 8.40. The van der Waals surface area contributed by atoms with E-state index < -0.39 is 5.97 Å². The summed E-state index contributed by atoms with van der Waals surface area (Å²) in [6.07, 6.45) is 0. The predicted molar refractivity (Wildman–Crippen MR) is 99.9 cm³/mol. The second-order valence-corrected chi connectivity index (χ2v) is 6.04. The Morgan fingerprint density at radius 1 is 0.828 bits per heavy atom. The number of carbonyl (C=O) groups is 1. The summed E-state index contributed by atoms with van der Waals surface area (Å²) < 4.78 is 1.48. The summed E-state index contributed by atoms with van der Waals surface area (Å²) in [6, 6.07) is 19.3. The van der Waals surface area contributed by atoms with Crippen LogP contribution in [0.25, 0.3) is 28.5 Å². The molecule has 0 unspecified atom stereocenters. The molecule has 1 aromatic heterocycles. The number of nitrogens with zero attached hydrogens (tertiary/aromatic N) is 3. The van der Waals surface area contributed by atoms with E-state index in [0.29, 0.717) is 22.6 Å². The van der Waals surface area contributed by atoms with Gasteiger partial charge >= 0.3 is 29.6 Å². The van der Waals surface area contributed by atoms with Crippen LogP contribution >= 0.6 is 0 Å². The zero-order chi connectivity index (χ0) is 19.7. The molecule has 0 amide bonds. The SMILES string of the molecule is O=C([O-])c1ccc(-n2nc(-c3ccccc3O)nc2-c2ccccc2O)cc1.[Na+]. The number of para-hydroxylation sites is 2. The Kier molecular flexibility index (Phi) is 6.03. The van der Waals surface area contributed by atoms with Gasteiger partial charge in [-0.25, -0.2) is 9.67 Å². The Morgan fingerprint density at radius 2 is 1.38 bits per heavy atom. The normalized spacial score (nSPS) is 10.3. The first-order chi connectivity index (χ1) is 13.5. The zero-order valence-corrected chi connectivity index (χ0v) is 17.5. The van der Waals surface area contributed by atoms with Crippen LogP contribution in [0.5, 0.6) is 11.5 Å². The average Bonchev–Trinajstić information content (AvgIpc) is 3.13. The zero-order valence-electron chi connectivity index (χ0n) is 15.5. The molecular formula is C21H14N3NaO4. The molecule has 7 nitrogen and oxygen atoms in total. The summed E-state index contributed by atoms with van der Waals surface area (Å²) in [6.45, 7) is 0. The van der Waals surface area contributed by atoms with Gasteiger partial charge in [-0.05, 0) is 42.0 Å². The van der Waals surface area contributed by atoms with Gasteiger partial charge in [0.25, 0.3) is 0 Å². The van der Waals surface area contributed by atoms with Gasteiger partial charge in [0, 0.05) is 0 Å². The maximum absolute atomic E-state index is 11.0. The molecule has 0 aliphatic heterocycles. The van der Waals surface area contributed by atoms with E-state index in [1.807, 2.05) is 0 Å². The van der Waals surface area contributed by atoms with Crippen molar-refractivity contribution in [2.75, 3.05) is 0 Å². The minimum atomic E-state index is -1.28. The Bertz CT molecular complexity index is 1170. The Hall–Kier alpha value is -3.13. The standard InChI is InChI=1S/C21H15N3O4.Na/c25-17-7-3-1-5-15(17)19-22-20(16-6-2-4-8-18(16)26)24(23-19)14-11-9-13(10-12-14)21(27)28;/h1-12,25-26H,(H,27,28);/q;+1/p-1. The molecule has 0 aliphatic carbocycles. The quantitative estimate of drug-likeness (QED) is 0.446. The monoisotopic (exact) mass is 395 g/mol. The molecule has 4 aromatic rings. The van der Waals surface area contributed by atoms with Gasteiger partial charge in [0.05, 0.1) is 22.8 Å². The summed E-state index contributed by atoms with van der Waals surface area (Å²) in [5.74, 6) is -0.624. The molecule has 0 spiro atoms. The molecule has 0 radical (unpaired) electrons. The summed E-state index contributed by atoms with van der Waals surface area (Å²) in [7, 11) is 0. The van der Waals surface area contributed by atoms with Crippen molar-refractivity contribution in [2.24, 2.45) is 0 Å². The predicted octanol–water partition coefficient (Wildman–Crippen LogP) is -0.620. The second kappa shape index (κ2) is 8.48. The number of carboxylic acids is 1. The first kappa shape index (κ1) is 20.6. The van der Waals surface area contributed by atoms with Crippen molar-refractivity contribution >= 4 is 5.97 Å². The van der Waals surface area contributed by atoms with Crippen molar-refractivity contribution in [1.29, 1.82) is 0 Å². The van der Waals surface area contributed by atoms with Crippen LogP contribution in [-0.2, 0) is 0 Å². The number of phenolic OH excluding ortho intramolecular Hbond substituents is 2. The van der Waals surface area contributed by atoms with E-state index in [0.717, 1.165) is 0 Å². The van der Waals surface area contributed by atoms with Crippen molar-refractivity contribution < 1.29 is 49.7 Å². The number of carboxylic acid groups (broad SMARTS) is 1. The van der Waals surface area contributed by atoms with Crippen LogP contribution in [-0.4, -0.2) is 30.9 Å². The molecule has 0 atom stereocenters. The van der Waals surface area contributed by atoms with Crippen LogP contribution in [0, 0.1) is 0 Å². The molecule has 1 heterocycles. The fourth-order valence-electron chi connectivity index (χ4n) is 2.84. The summed E-state index contributed by atoms with van der Waals surface area (Å²) in [4.78, 5) is 15.5. The Balaban J connectivity index is 0.00000240. The van der Waals surface area contributed by atoms with E-state index >= 15 is 0 Å². The molecular weight excluding hydrogens is 381 g/mol. The van der Waals surface area contributed by atoms with E-state index in [4.69, 9.17) is 0 Å². The molecule has 0 aliphatic rings. The number of aromatic nitrogens is 3. The molecule has 8 heteroatoms. The van der Waals surface area contributed by atoms with Crippen molar-refractivity contribution in [3.63, 3.8) is 0 Å². The van der Waals surface area contributed by atoms with Gasteiger partial charge < -0.3 is 20.1 Å². The maximum Gasteiger partial charge on any atom is 1.00 e. The molecule has 138 valence electrons. The van der Waals surface area contributed by atoms with Crippen LogP contribution in [0.15, 0.2) is 72.8 Å². The Morgan fingerprint density at radius 3 is 1.93 bits per heavy atom. The third-order valence-corrected chi connectivity index (χ3v) is 4.24. The molecule has 0 fully saturated rings. The number of rotatable bonds is 4. The van der Waals surface area contributed by atoms with Gasteiger partial charge in [-0.15, -0.1) is 5.10 Å². The number of aromatic carboxylic acids is 1. The van der Waals surface area contributed by atoms with E-state index in [1.54, 1.807) is 48.5 Å². The van der Waals surface area contributed by atoms with Crippen molar-refractivity contribution in [3.05, 3.63) is 78.4 Å². The van der Waals surface area contributed by atoms with E-state index in [9.17, 15) is 20.1 Å². The molecule has 0 saturated carbocycles. The van der Waals surface area contributed by atoms with Gasteiger partial charge in [0.1, 0.15) is 11.5 Å². The topological polar surface area (TPSA) is 111 Å². The van der Waals surface area contributed by atoms with Gasteiger partial charge in [-0.2, -0.15) is 0 Å². The summed E-state index contributed by atoms with van der Waals surface area (Å²) >= 11 is 0. The minimum Gasteiger partial charge on any atom is -0.545 e. The maximum atomic E-state index is 11.0. The van der Waals surface area contributed by atoms with Crippen molar-refractivity contribution in [3.8, 4) is 40.0 Å².